The number of carbonyl (C=O) groups excluding carboxylic acids is 8. The molecule has 9 atom stereocenters. The maximum Gasteiger partial charge on any atom is 0.245 e. The van der Waals surface area contributed by atoms with Crippen molar-refractivity contribution in [3.8, 4) is 0 Å². The third-order valence-corrected chi connectivity index (χ3v) is 15.5. The zero-order valence-corrected chi connectivity index (χ0v) is 44.7. The Morgan fingerprint density at radius 2 is 1.45 bits per heavy atom. The number of carbonyl (C=O) groups is 8. The van der Waals surface area contributed by atoms with Crippen LogP contribution in [0.15, 0.2) is 122 Å². The SMILES string of the molecule is C[C@H](O)[C@H]1NC(=O)C(N)CNC(=O)[C@@H](Cc2c[nH]c3ccccc23)NC(=O)C(Cc2cccnc2)NC(=O)[C@@H](NC(=O)C(N)Cc2ccc(Cl)cc2)CSSC[C@H](C(=O)NC(Cc2ccc3ccccc3c2)C(N)=O)NC1=O. The van der Waals surface area contributed by atoms with Gasteiger partial charge in [0, 0.05) is 71.8 Å². The van der Waals surface area contributed by atoms with Gasteiger partial charge in [0.2, 0.25) is 47.3 Å². The number of rotatable bonds is 14. The molecule has 2 aromatic heterocycles. The fraction of sp³-hybridized carbons (Fsp3) is 0.315. The topological polar surface area (TPSA) is 348 Å². The molecule has 8 amide bonds. The van der Waals surface area contributed by atoms with Gasteiger partial charge in [-0.1, -0.05) is 112 Å². The lowest BCUT2D eigenvalue weighted by Gasteiger charge is -2.27. The standard InChI is InChI=1S/C54H61ClN12O9S2/c1-29(68)46-54(76)66-45(52(74)62-41(47(58)69)21-31-12-15-33-8-2-3-9-34(33)19-31)28-78-77-27-44(65-48(70)38(56)20-30-13-16-36(55)17-14-30)53(75)63-42(22-32-7-6-18-59-24-32)51(73)64-43(50(72)61-26-39(57)49(71)67-46)23-35-25-60-40-11-5-4-10-37(35)40/h2-19,24-25,29,38-39,41-46,60,68H,20-23,26-28,56-57H2,1H3,(H2,58,69)(H,61,72)(H,62,74)(H,63,75)(H,64,73)(H,65,70)(H,66,76)(H,67,71)/t29-,38?,39?,41?,42?,43+,44-,45+,46+/m0/s1. The molecule has 24 heteroatoms. The molecule has 15 N–H and O–H groups in total. The van der Waals surface area contributed by atoms with Crippen molar-refractivity contribution in [2.45, 2.75) is 87.0 Å². The normalized spacial score (nSPS) is 21.5. The van der Waals surface area contributed by atoms with Gasteiger partial charge in [-0.2, -0.15) is 0 Å². The van der Waals surface area contributed by atoms with Crippen molar-refractivity contribution in [3.05, 3.63) is 149 Å². The zero-order valence-electron chi connectivity index (χ0n) is 42.3. The highest BCUT2D eigenvalue weighted by Gasteiger charge is 2.35. The zero-order chi connectivity index (χ0) is 55.9. The van der Waals surface area contributed by atoms with Crippen molar-refractivity contribution in [2.75, 3.05) is 18.1 Å². The van der Waals surface area contributed by atoms with Gasteiger partial charge < -0.3 is 64.5 Å². The molecule has 410 valence electrons. The average Bonchev–Trinajstić information content (AvgIpc) is 3.86. The number of hydrogen-bond acceptors (Lipinski definition) is 14. The number of aliphatic hydroxyl groups excluding tert-OH is 1. The van der Waals surface area contributed by atoms with Crippen LogP contribution in [0, 0.1) is 0 Å². The number of aliphatic hydroxyl groups is 1. The van der Waals surface area contributed by atoms with Crippen LogP contribution in [-0.2, 0) is 64.0 Å². The van der Waals surface area contributed by atoms with Crippen LogP contribution in [0.4, 0.5) is 0 Å². The van der Waals surface area contributed by atoms with E-state index in [0.29, 0.717) is 27.3 Å². The lowest BCUT2D eigenvalue weighted by atomic mass is 10.0. The van der Waals surface area contributed by atoms with Gasteiger partial charge >= 0.3 is 0 Å². The number of benzene rings is 4. The highest BCUT2D eigenvalue weighted by atomic mass is 35.5. The van der Waals surface area contributed by atoms with Crippen molar-refractivity contribution in [1.29, 1.82) is 0 Å². The average molecular weight is 1120 g/mol. The first-order chi connectivity index (χ1) is 37.4. The Balaban J connectivity index is 1.20. The third kappa shape index (κ3) is 16.3. The molecule has 6 aromatic rings. The number of nitrogens with zero attached hydrogens (tertiary/aromatic N) is 1. The number of fused-ring (bicyclic) bond motifs is 2. The summed E-state index contributed by atoms with van der Waals surface area (Å²) in [5.74, 6) is -7.28. The maximum absolute atomic E-state index is 14.6. The number of halogens is 1. The number of hydrogen-bond donors (Lipinski definition) is 12. The van der Waals surface area contributed by atoms with Crippen molar-refractivity contribution >= 4 is 102 Å². The smallest absolute Gasteiger partial charge is 0.245 e. The van der Waals surface area contributed by atoms with Gasteiger partial charge in [0.1, 0.15) is 42.3 Å². The summed E-state index contributed by atoms with van der Waals surface area (Å²) in [4.78, 5) is 120. The predicted octanol–water partition coefficient (Wildman–Crippen LogP) is 0.581. The summed E-state index contributed by atoms with van der Waals surface area (Å²) in [5.41, 5.74) is 21.8. The molecular weight excluding hydrogens is 1060 g/mol. The lowest BCUT2D eigenvalue weighted by Crippen LogP contribution is -2.61. The summed E-state index contributed by atoms with van der Waals surface area (Å²) in [6.45, 7) is 0.715. The Labute approximate surface area is 461 Å². The molecular formula is C54H61ClN12O9S2. The molecule has 4 unspecified atom stereocenters. The second-order valence-electron chi connectivity index (χ2n) is 18.8. The fourth-order valence-corrected chi connectivity index (χ4v) is 11.0. The first kappa shape index (κ1) is 58.1. The second kappa shape index (κ2) is 27.7. The second-order valence-corrected chi connectivity index (χ2v) is 21.8. The minimum absolute atomic E-state index is 0.0184. The number of aromatic nitrogens is 2. The molecule has 0 radical (unpaired) electrons. The summed E-state index contributed by atoms with van der Waals surface area (Å²) in [7, 11) is 2.00. The molecule has 1 aliphatic heterocycles. The van der Waals surface area contributed by atoms with Crippen LogP contribution in [0.5, 0.6) is 0 Å². The molecule has 7 rings (SSSR count). The van der Waals surface area contributed by atoms with Crippen molar-refractivity contribution in [3.63, 3.8) is 0 Å². The summed E-state index contributed by atoms with van der Waals surface area (Å²) in [5, 5.41) is 32.4. The predicted molar refractivity (Wildman–Crippen MR) is 299 cm³/mol. The molecule has 1 fully saturated rings. The van der Waals surface area contributed by atoms with Gasteiger partial charge in [0.15, 0.2) is 0 Å². The molecule has 1 aliphatic rings. The molecule has 78 heavy (non-hydrogen) atoms. The highest BCUT2D eigenvalue weighted by molar-refractivity contribution is 8.76. The quantitative estimate of drug-likeness (QED) is 0.0665. The number of aromatic amines is 1. The van der Waals surface area contributed by atoms with Gasteiger partial charge in [-0.3, -0.25) is 43.3 Å². The minimum Gasteiger partial charge on any atom is -0.391 e. The number of nitrogens with one attached hydrogen (secondary N) is 8. The van der Waals surface area contributed by atoms with Gasteiger partial charge in [-0.05, 0) is 70.6 Å². The van der Waals surface area contributed by atoms with E-state index in [2.05, 4.69) is 47.2 Å². The summed E-state index contributed by atoms with van der Waals surface area (Å²) < 4.78 is 0. The number of H-pyrrole nitrogens is 1. The van der Waals surface area contributed by atoms with Crippen LogP contribution in [-0.4, -0.2) is 135 Å². The summed E-state index contributed by atoms with van der Waals surface area (Å²) in [6, 6.07) is 19.2. The van der Waals surface area contributed by atoms with E-state index in [9.17, 15) is 43.5 Å². The fourth-order valence-electron chi connectivity index (χ4n) is 8.53. The summed E-state index contributed by atoms with van der Waals surface area (Å²) >= 11 is 6.08. The van der Waals surface area contributed by atoms with Crippen LogP contribution in [0.3, 0.4) is 0 Å². The van der Waals surface area contributed by atoms with Crippen LogP contribution in [0.25, 0.3) is 21.7 Å². The van der Waals surface area contributed by atoms with Crippen LogP contribution >= 0.6 is 33.2 Å². The molecule has 0 bridgehead atoms. The number of primary amides is 1. The van der Waals surface area contributed by atoms with Crippen molar-refractivity contribution in [1.82, 2.24) is 47.2 Å². The molecule has 0 saturated carbocycles. The molecule has 21 nitrogen and oxygen atoms in total. The molecule has 1 saturated heterocycles. The van der Waals surface area contributed by atoms with Crippen molar-refractivity contribution < 1.29 is 43.5 Å². The Morgan fingerprint density at radius 3 is 2.18 bits per heavy atom. The Hall–Kier alpha value is -7.54. The number of pyridine rings is 1. The van der Waals surface area contributed by atoms with Gasteiger partial charge in [-0.15, -0.1) is 0 Å². The highest BCUT2D eigenvalue weighted by Crippen LogP contribution is 2.25. The first-order valence-corrected chi connectivity index (χ1v) is 27.8. The first-order valence-electron chi connectivity index (χ1n) is 24.9. The third-order valence-electron chi connectivity index (χ3n) is 12.9. The molecule has 0 spiro atoms. The van der Waals surface area contributed by atoms with E-state index in [1.54, 1.807) is 48.7 Å². The Morgan fingerprint density at radius 1 is 0.756 bits per heavy atom. The van der Waals surface area contributed by atoms with Crippen molar-refractivity contribution in [2.24, 2.45) is 17.2 Å². The van der Waals surface area contributed by atoms with E-state index in [1.165, 1.54) is 19.3 Å². The largest absolute Gasteiger partial charge is 0.391 e. The van der Waals surface area contributed by atoms with E-state index >= 15 is 0 Å². The number of nitrogens with two attached hydrogens (primary N) is 3. The number of para-hydroxylation sites is 1. The van der Waals surface area contributed by atoms with E-state index in [0.717, 1.165) is 43.3 Å². The minimum atomic E-state index is -1.70. The van der Waals surface area contributed by atoms with Crippen LogP contribution in [0.2, 0.25) is 5.02 Å². The molecule has 4 aromatic carbocycles. The summed E-state index contributed by atoms with van der Waals surface area (Å²) in [6.07, 6.45) is 3.02. The van der Waals surface area contributed by atoms with E-state index in [1.807, 2.05) is 60.7 Å². The lowest BCUT2D eigenvalue weighted by molar-refractivity contribution is -0.135. The monoisotopic (exact) mass is 1120 g/mol. The Kier molecular flexibility index (Phi) is 20.6. The molecule has 3 heterocycles. The van der Waals surface area contributed by atoms with Gasteiger partial charge in [-0.25, -0.2) is 0 Å². The van der Waals surface area contributed by atoms with Gasteiger partial charge in [0.25, 0.3) is 0 Å². The van der Waals surface area contributed by atoms with E-state index < -0.39 is 108 Å². The maximum atomic E-state index is 14.6. The van der Waals surface area contributed by atoms with Gasteiger partial charge in [0.05, 0.1) is 12.1 Å². The Bertz CT molecular complexity index is 3120. The van der Waals surface area contributed by atoms with Crippen LogP contribution in [0.1, 0.15) is 29.2 Å². The van der Waals surface area contributed by atoms with E-state index in [-0.39, 0.29) is 37.2 Å². The molecule has 0 aliphatic carbocycles. The number of amides is 8. The van der Waals surface area contributed by atoms with E-state index in [4.69, 9.17) is 28.8 Å². The van der Waals surface area contributed by atoms with Crippen LogP contribution < -0.4 is 54.4 Å².